The van der Waals surface area contributed by atoms with E-state index >= 15 is 0 Å². The van der Waals surface area contributed by atoms with Crippen LogP contribution in [0.3, 0.4) is 0 Å². The van der Waals surface area contributed by atoms with Gasteiger partial charge in [0.15, 0.2) is 0 Å². The minimum absolute atomic E-state index is 0.107. The molecule has 0 spiro atoms. The maximum absolute atomic E-state index is 12.5. The Labute approximate surface area is 218 Å². The molecule has 2 heterocycles. The second-order valence-corrected chi connectivity index (χ2v) is 8.43. The largest absolute Gasteiger partial charge is 0.507 e. The van der Waals surface area contributed by atoms with E-state index in [1.165, 1.54) is 24.6 Å². The summed E-state index contributed by atoms with van der Waals surface area (Å²) in [6.07, 6.45) is 2.82. The zero-order valence-electron chi connectivity index (χ0n) is 21.1. The zero-order chi connectivity index (χ0) is 26.6. The lowest BCUT2D eigenvalue weighted by molar-refractivity contribution is 0.0526. The number of benzene rings is 3. The third kappa shape index (κ3) is 4.76. The Hall–Kier alpha value is -5.19. The van der Waals surface area contributed by atoms with Gasteiger partial charge in [-0.3, -0.25) is 0 Å². The lowest BCUT2D eigenvalue weighted by atomic mass is 10.0. The summed E-state index contributed by atoms with van der Waals surface area (Å²) in [5.41, 5.74) is 10.2. The summed E-state index contributed by atoms with van der Waals surface area (Å²) in [4.78, 5) is 21.5. The van der Waals surface area contributed by atoms with Crippen LogP contribution in [0.15, 0.2) is 70.9 Å². The SMILES string of the molecule is CCOC(=O)c1cc(/C=N\Nc2nc3ccccc3n2C)c(O)c(/C=N\Nc2nc3ccccc3n2C)c1. The number of phenols is 1. The smallest absolute Gasteiger partial charge is 0.338 e. The van der Waals surface area contributed by atoms with E-state index in [0.717, 1.165) is 22.1 Å². The summed E-state index contributed by atoms with van der Waals surface area (Å²) in [6.45, 7) is 1.94. The van der Waals surface area contributed by atoms with Crippen LogP contribution < -0.4 is 10.9 Å². The van der Waals surface area contributed by atoms with E-state index in [1.54, 1.807) is 6.92 Å². The van der Waals surface area contributed by atoms with Crippen molar-refractivity contribution in [3.05, 3.63) is 77.4 Å². The summed E-state index contributed by atoms with van der Waals surface area (Å²) >= 11 is 0. The highest BCUT2D eigenvalue weighted by molar-refractivity contribution is 5.99. The molecule has 0 aliphatic heterocycles. The van der Waals surface area contributed by atoms with Crippen molar-refractivity contribution in [3.63, 3.8) is 0 Å². The number of imidazole rings is 2. The van der Waals surface area contributed by atoms with Crippen LogP contribution in [0, 0.1) is 0 Å². The van der Waals surface area contributed by atoms with Gasteiger partial charge in [-0.1, -0.05) is 24.3 Å². The molecule has 0 amide bonds. The maximum atomic E-state index is 12.5. The molecule has 5 aromatic rings. The zero-order valence-corrected chi connectivity index (χ0v) is 21.1. The number of hydrogen-bond donors (Lipinski definition) is 3. The average molecular weight is 511 g/mol. The fourth-order valence-corrected chi connectivity index (χ4v) is 4.02. The van der Waals surface area contributed by atoms with Crippen molar-refractivity contribution in [2.24, 2.45) is 24.3 Å². The highest BCUT2D eigenvalue weighted by atomic mass is 16.5. The van der Waals surface area contributed by atoms with E-state index in [0.29, 0.717) is 23.0 Å². The molecule has 0 unspecified atom stereocenters. The second-order valence-electron chi connectivity index (χ2n) is 8.43. The Morgan fingerprint density at radius 3 is 1.82 bits per heavy atom. The minimum Gasteiger partial charge on any atom is -0.507 e. The summed E-state index contributed by atoms with van der Waals surface area (Å²) in [7, 11) is 3.75. The molecule has 11 nitrogen and oxygen atoms in total. The lowest BCUT2D eigenvalue weighted by Gasteiger charge is -2.08. The van der Waals surface area contributed by atoms with Gasteiger partial charge in [0.05, 0.1) is 46.7 Å². The average Bonchev–Trinajstić information content (AvgIpc) is 3.42. The van der Waals surface area contributed by atoms with Crippen molar-refractivity contribution in [2.75, 3.05) is 17.5 Å². The Morgan fingerprint density at radius 2 is 1.37 bits per heavy atom. The number of aromatic nitrogens is 4. The maximum Gasteiger partial charge on any atom is 0.338 e. The van der Waals surface area contributed by atoms with E-state index in [2.05, 4.69) is 31.0 Å². The number of aryl methyl sites for hydroxylation is 2. The van der Waals surface area contributed by atoms with Crippen molar-refractivity contribution in [3.8, 4) is 5.75 Å². The standard InChI is InChI=1S/C27H26N8O3/c1-4-38-25(37)17-13-18(15-28-32-26-30-20-9-5-7-11-22(20)34(26)2)24(36)19(14-17)16-29-33-27-31-21-10-6-8-12-23(21)35(27)3/h5-16,36H,4H2,1-3H3,(H,30,32)(H,31,33)/b28-15-,29-16-. The van der Waals surface area contributed by atoms with Gasteiger partial charge < -0.3 is 19.0 Å². The number of aromatic hydroxyl groups is 1. The molecule has 2 aromatic heterocycles. The van der Waals surface area contributed by atoms with Gasteiger partial charge in [-0.2, -0.15) is 10.2 Å². The van der Waals surface area contributed by atoms with Crippen LogP contribution in [0.5, 0.6) is 5.75 Å². The number of carbonyl (C=O) groups is 1. The number of rotatable bonds is 8. The van der Waals surface area contributed by atoms with Crippen LogP contribution in [-0.2, 0) is 18.8 Å². The van der Waals surface area contributed by atoms with Gasteiger partial charge >= 0.3 is 5.97 Å². The van der Waals surface area contributed by atoms with Crippen LogP contribution in [0.4, 0.5) is 11.9 Å². The molecule has 3 N–H and O–H groups in total. The topological polar surface area (TPSA) is 131 Å². The summed E-state index contributed by atoms with van der Waals surface area (Å²) in [5, 5.41) is 19.4. The quantitative estimate of drug-likeness (QED) is 0.162. The molecular formula is C27H26N8O3. The fourth-order valence-electron chi connectivity index (χ4n) is 4.02. The van der Waals surface area contributed by atoms with Gasteiger partial charge in [0.1, 0.15) is 5.75 Å². The predicted molar refractivity (Wildman–Crippen MR) is 148 cm³/mol. The molecule has 38 heavy (non-hydrogen) atoms. The number of nitrogens with zero attached hydrogens (tertiary/aromatic N) is 6. The molecule has 0 saturated carbocycles. The van der Waals surface area contributed by atoms with Crippen LogP contribution >= 0.6 is 0 Å². The second kappa shape index (κ2) is 10.4. The number of phenolic OH excluding ortho intramolecular Hbond substituents is 1. The number of anilines is 2. The van der Waals surface area contributed by atoms with E-state index in [-0.39, 0.29) is 17.9 Å². The van der Waals surface area contributed by atoms with Crippen molar-refractivity contribution in [1.82, 2.24) is 19.1 Å². The molecule has 0 radical (unpaired) electrons. The fraction of sp³-hybridized carbons (Fsp3) is 0.148. The van der Waals surface area contributed by atoms with E-state index in [4.69, 9.17) is 4.74 Å². The number of carbonyl (C=O) groups excluding carboxylic acids is 1. The Bertz CT molecular complexity index is 1590. The molecule has 0 fully saturated rings. The first kappa shape index (κ1) is 24.5. The molecule has 0 saturated heterocycles. The highest BCUT2D eigenvalue weighted by Crippen LogP contribution is 2.24. The van der Waals surface area contributed by atoms with Crippen LogP contribution in [0.1, 0.15) is 28.4 Å². The van der Waals surface area contributed by atoms with Gasteiger partial charge in [0.25, 0.3) is 0 Å². The van der Waals surface area contributed by atoms with Crippen molar-refractivity contribution < 1.29 is 14.6 Å². The number of nitrogens with one attached hydrogen (secondary N) is 2. The first-order valence-corrected chi connectivity index (χ1v) is 11.9. The molecule has 5 rings (SSSR count). The van der Waals surface area contributed by atoms with Gasteiger partial charge in [-0.25, -0.2) is 25.6 Å². The van der Waals surface area contributed by atoms with E-state index < -0.39 is 5.97 Å². The molecule has 192 valence electrons. The number of esters is 1. The Balaban J connectivity index is 1.42. The van der Waals surface area contributed by atoms with Gasteiger partial charge in [-0.15, -0.1) is 0 Å². The molecular weight excluding hydrogens is 484 g/mol. The highest BCUT2D eigenvalue weighted by Gasteiger charge is 2.14. The van der Waals surface area contributed by atoms with Gasteiger partial charge in [0.2, 0.25) is 11.9 Å². The van der Waals surface area contributed by atoms with Crippen LogP contribution in [0.25, 0.3) is 22.1 Å². The minimum atomic E-state index is -0.525. The molecule has 0 aliphatic carbocycles. The van der Waals surface area contributed by atoms with Crippen molar-refractivity contribution in [1.29, 1.82) is 0 Å². The van der Waals surface area contributed by atoms with Crippen LogP contribution in [0.2, 0.25) is 0 Å². The van der Waals surface area contributed by atoms with Gasteiger partial charge in [0, 0.05) is 25.2 Å². The number of hydrazone groups is 2. The molecule has 0 atom stereocenters. The molecule has 11 heteroatoms. The monoisotopic (exact) mass is 510 g/mol. The Kier molecular flexibility index (Phi) is 6.72. The molecule has 0 bridgehead atoms. The number of fused-ring (bicyclic) bond motifs is 2. The third-order valence-electron chi connectivity index (χ3n) is 5.99. The number of para-hydroxylation sites is 4. The first-order chi connectivity index (χ1) is 18.5. The summed E-state index contributed by atoms with van der Waals surface area (Å²) in [5.74, 6) is 0.418. The molecule has 3 aromatic carbocycles. The van der Waals surface area contributed by atoms with Crippen LogP contribution in [-0.4, -0.2) is 49.2 Å². The summed E-state index contributed by atoms with van der Waals surface area (Å²) < 4.78 is 8.89. The lowest BCUT2D eigenvalue weighted by Crippen LogP contribution is -2.07. The van der Waals surface area contributed by atoms with Crippen molar-refractivity contribution in [2.45, 2.75) is 6.92 Å². The number of ether oxygens (including phenoxy) is 1. The third-order valence-corrected chi connectivity index (χ3v) is 5.99. The predicted octanol–water partition coefficient (Wildman–Crippen LogP) is 4.23. The van der Waals surface area contributed by atoms with E-state index in [9.17, 15) is 9.90 Å². The van der Waals surface area contributed by atoms with Crippen molar-refractivity contribution >= 4 is 52.4 Å². The van der Waals surface area contributed by atoms with Gasteiger partial charge in [-0.05, 0) is 43.3 Å². The van der Waals surface area contributed by atoms with E-state index in [1.807, 2.05) is 71.8 Å². The first-order valence-electron chi connectivity index (χ1n) is 11.9. The normalized spacial score (nSPS) is 11.7. The molecule has 0 aliphatic rings. The Morgan fingerprint density at radius 1 is 0.895 bits per heavy atom. The summed E-state index contributed by atoms with van der Waals surface area (Å²) in [6, 6.07) is 18.4. The number of hydrogen-bond acceptors (Lipinski definition) is 9.